The summed E-state index contributed by atoms with van der Waals surface area (Å²) in [5, 5.41) is 14.5. The zero-order valence-electron chi connectivity index (χ0n) is 9.87. The van der Waals surface area contributed by atoms with E-state index in [9.17, 15) is 4.79 Å². The first-order chi connectivity index (χ1) is 8.06. The second-order valence-corrected chi connectivity index (χ2v) is 5.52. The number of hydrogen-bond acceptors (Lipinski definition) is 3. The molecule has 4 nitrogen and oxygen atoms in total. The molecular weight excluding hydrogens is 260 g/mol. The second kappa shape index (κ2) is 6.83. The van der Waals surface area contributed by atoms with Crippen molar-refractivity contribution < 1.29 is 9.90 Å². The van der Waals surface area contributed by atoms with Crippen molar-refractivity contribution in [3.05, 3.63) is 21.3 Å². The van der Waals surface area contributed by atoms with Gasteiger partial charge in [0.05, 0.1) is 23.0 Å². The molecule has 0 unspecified atom stereocenters. The minimum atomic E-state index is -0.275. The molecule has 0 spiro atoms. The van der Waals surface area contributed by atoms with Crippen LogP contribution in [0.2, 0.25) is 4.34 Å². The van der Waals surface area contributed by atoms with Crippen LogP contribution in [0.3, 0.4) is 0 Å². The Hall–Kier alpha value is -0.780. The Kier molecular flexibility index (Phi) is 5.74. The molecule has 0 fully saturated rings. The lowest BCUT2D eigenvalue weighted by Gasteiger charge is -2.17. The van der Waals surface area contributed by atoms with Gasteiger partial charge in [-0.1, -0.05) is 18.5 Å². The molecule has 0 saturated heterocycles. The molecule has 1 rings (SSSR count). The van der Waals surface area contributed by atoms with E-state index in [0.717, 1.165) is 4.88 Å². The molecule has 1 aromatic heterocycles. The topological polar surface area (TPSA) is 61.4 Å². The number of rotatable bonds is 5. The Morgan fingerprint density at radius 1 is 1.53 bits per heavy atom. The van der Waals surface area contributed by atoms with Crippen LogP contribution in [-0.4, -0.2) is 23.8 Å². The Bertz CT molecular complexity index is 366. The Morgan fingerprint density at radius 2 is 2.24 bits per heavy atom. The maximum atomic E-state index is 11.6. The molecule has 0 aliphatic rings. The van der Waals surface area contributed by atoms with Gasteiger partial charge in [-0.25, -0.2) is 4.79 Å². The molecule has 6 heteroatoms. The summed E-state index contributed by atoms with van der Waals surface area (Å²) in [5.74, 6) is 0. The average Bonchev–Trinajstić information content (AvgIpc) is 2.72. The lowest BCUT2D eigenvalue weighted by molar-refractivity contribution is 0.212. The maximum Gasteiger partial charge on any atom is 0.315 e. The van der Waals surface area contributed by atoms with Crippen LogP contribution in [0.1, 0.15) is 31.2 Å². The highest BCUT2D eigenvalue weighted by atomic mass is 35.5. The van der Waals surface area contributed by atoms with Crippen molar-refractivity contribution in [2.75, 3.05) is 6.61 Å². The van der Waals surface area contributed by atoms with Crippen molar-refractivity contribution in [3.63, 3.8) is 0 Å². The zero-order chi connectivity index (χ0) is 12.8. The van der Waals surface area contributed by atoms with Gasteiger partial charge in [0.1, 0.15) is 0 Å². The number of aliphatic hydroxyl groups is 1. The molecule has 0 aliphatic carbocycles. The van der Waals surface area contributed by atoms with Crippen LogP contribution < -0.4 is 10.6 Å². The lowest BCUT2D eigenvalue weighted by Crippen LogP contribution is -2.44. The predicted octanol–water partition coefficient (Wildman–Crippen LogP) is 2.53. The van der Waals surface area contributed by atoms with E-state index in [-0.39, 0.29) is 24.7 Å². The molecule has 17 heavy (non-hydrogen) atoms. The highest BCUT2D eigenvalue weighted by Crippen LogP contribution is 2.26. The van der Waals surface area contributed by atoms with Crippen LogP contribution >= 0.6 is 22.9 Å². The Balaban J connectivity index is 2.45. The van der Waals surface area contributed by atoms with Gasteiger partial charge < -0.3 is 15.7 Å². The number of thiophene rings is 1. The molecular formula is C11H17ClN2O2S. The SMILES string of the molecule is CC[C@H](CO)NC(=O)N[C@H](C)c1ccc(Cl)s1. The molecule has 2 amide bonds. The minimum absolute atomic E-state index is 0.0524. The van der Waals surface area contributed by atoms with E-state index in [1.165, 1.54) is 11.3 Å². The molecule has 96 valence electrons. The fraction of sp³-hybridized carbons (Fsp3) is 0.545. The number of carbonyl (C=O) groups is 1. The number of carbonyl (C=O) groups excluding carboxylic acids is 1. The average molecular weight is 277 g/mol. The standard InChI is InChI=1S/C11H17ClN2O2S/c1-3-8(6-15)14-11(16)13-7(2)9-4-5-10(12)17-9/h4-5,7-8,15H,3,6H2,1-2H3,(H2,13,14,16)/t7-,8-/m1/s1. The summed E-state index contributed by atoms with van der Waals surface area (Å²) < 4.78 is 0.704. The zero-order valence-corrected chi connectivity index (χ0v) is 11.4. The van der Waals surface area contributed by atoms with Gasteiger partial charge in [0.25, 0.3) is 0 Å². The fourth-order valence-corrected chi connectivity index (χ4v) is 2.40. The highest BCUT2D eigenvalue weighted by molar-refractivity contribution is 7.16. The molecule has 0 saturated carbocycles. The Labute approximate surface area is 110 Å². The third-order valence-corrected chi connectivity index (χ3v) is 3.83. The van der Waals surface area contributed by atoms with Crippen LogP contribution in [0.15, 0.2) is 12.1 Å². The van der Waals surface area contributed by atoms with Crippen molar-refractivity contribution in [1.82, 2.24) is 10.6 Å². The molecule has 0 aliphatic heterocycles. The van der Waals surface area contributed by atoms with Gasteiger partial charge in [0.2, 0.25) is 0 Å². The van der Waals surface area contributed by atoms with Gasteiger partial charge in [0.15, 0.2) is 0 Å². The second-order valence-electron chi connectivity index (χ2n) is 3.77. The molecule has 3 N–H and O–H groups in total. The van der Waals surface area contributed by atoms with E-state index < -0.39 is 0 Å². The van der Waals surface area contributed by atoms with Crippen LogP contribution in [-0.2, 0) is 0 Å². The van der Waals surface area contributed by atoms with Crippen LogP contribution in [0.5, 0.6) is 0 Å². The summed E-state index contributed by atoms with van der Waals surface area (Å²) in [6.07, 6.45) is 0.698. The monoisotopic (exact) mass is 276 g/mol. The number of hydrogen-bond donors (Lipinski definition) is 3. The van der Waals surface area contributed by atoms with E-state index >= 15 is 0 Å². The van der Waals surface area contributed by atoms with Crippen LogP contribution in [0.25, 0.3) is 0 Å². The van der Waals surface area contributed by atoms with Crippen molar-refractivity contribution in [2.45, 2.75) is 32.4 Å². The summed E-state index contributed by atoms with van der Waals surface area (Å²) >= 11 is 7.27. The van der Waals surface area contributed by atoms with Crippen molar-refractivity contribution in [2.24, 2.45) is 0 Å². The number of amides is 2. The van der Waals surface area contributed by atoms with E-state index in [2.05, 4.69) is 10.6 Å². The maximum absolute atomic E-state index is 11.6. The normalized spacial score (nSPS) is 14.1. The van der Waals surface area contributed by atoms with Crippen LogP contribution in [0.4, 0.5) is 4.79 Å². The van der Waals surface area contributed by atoms with Crippen molar-refractivity contribution in [3.8, 4) is 0 Å². The first kappa shape index (κ1) is 14.3. The summed E-state index contributed by atoms with van der Waals surface area (Å²) in [4.78, 5) is 12.6. The quantitative estimate of drug-likeness (QED) is 0.774. The smallest absolute Gasteiger partial charge is 0.315 e. The lowest BCUT2D eigenvalue weighted by atomic mass is 10.2. The van der Waals surface area contributed by atoms with Crippen molar-refractivity contribution in [1.29, 1.82) is 0 Å². The third-order valence-electron chi connectivity index (χ3n) is 2.42. The van der Waals surface area contributed by atoms with Gasteiger partial charge in [-0.2, -0.15) is 0 Å². The fourth-order valence-electron chi connectivity index (χ4n) is 1.33. The summed E-state index contributed by atoms with van der Waals surface area (Å²) in [7, 11) is 0. The van der Waals surface area contributed by atoms with Gasteiger partial charge in [0, 0.05) is 4.88 Å². The number of nitrogens with one attached hydrogen (secondary N) is 2. The summed E-state index contributed by atoms with van der Waals surface area (Å²) in [6.45, 7) is 3.74. The molecule has 0 aromatic carbocycles. The Morgan fingerprint density at radius 3 is 2.71 bits per heavy atom. The number of aliphatic hydroxyl groups excluding tert-OH is 1. The van der Waals surface area contributed by atoms with E-state index in [0.29, 0.717) is 10.8 Å². The first-order valence-corrected chi connectivity index (χ1v) is 6.69. The molecule has 0 radical (unpaired) electrons. The minimum Gasteiger partial charge on any atom is -0.394 e. The van der Waals surface area contributed by atoms with Crippen molar-refractivity contribution >= 4 is 29.0 Å². The van der Waals surface area contributed by atoms with Crippen LogP contribution in [0, 0.1) is 0 Å². The van der Waals surface area contributed by atoms with E-state index in [1.54, 1.807) is 6.07 Å². The van der Waals surface area contributed by atoms with E-state index in [1.807, 2.05) is 19.9 Å². The third kappa shape index (κ3) is 4.53. The summed E-state index contributed by atoms with van der Waals surface area (Å²) in [6, 6.07) is 3.13. The number of halogens is 1. The first-order valence-electron chi connectivity index (χ1n) is 5.50. The van der Waals surface area contributed by atoms with Gasteiger partial charge >= 0.3 is 6.03 Å². The van der Waals surface area contributed by atoms with Gasteiger partial charge in [-0.3, -0.25) is 0 Å². The van der Waals surface area contributed by atoms with E-state index in [4.69, 9.17) is 16.7 Å². The molecule has 0 bridgehead atoms. The largest absolute Gasteiger partial charge is 0.394 e. The molecule has 1 aromatic rings. The summed E-state index contributed by atoms with van der Waals surface area (Å²) in [5.41, 5.74) is 0. The van der Waals surface area contributed by atoms with Gasteiger partial charge in [-0.05, 0) is 25.5 Å². The van der Waals surface area contributed by atoms with Gasteiger partial charge in [-0.15, -0.1) is 11.3 Å². The highest BCUT2D eigenvalue weighted by Gasteiger charge is 2.13. The molecule has 2 atom stereocenters. The predicted molar refractivity (Wildman–Crippen MR) is 70.6 cm³/mol. The number of urea groups is 1. The molecule has 1 heterocycles.